The zero-order valence-electron chi connectivity index (χ0n) is 15.9. The second kappa shape index (κ2) is 8.93. The lowest BCUT2D eigenvalue weighted by atomic mass is 9.97. The van der Waals surface area contributed by atoms with Crippen LogP contribution in [0.15, 0.2) is 42.0 Å². The summed E-state index contributed by atoms with van der Waals surface area (Å²) >= 11 is 1.84. The van der Waals surface area contributed by atoms with E-state index in [0.717, 1.165) is 52.1 Å². The first-order chi connectivity index (χ1) is 13.3. The molecule has 0 aliphatic carbocycles. The van der Waals surface area contributed by atoms with Crippen molar-refractivity contribution in [3.8, 4) is 0 Å². The zero-order valence-corrected chi connectivity index (χ0v) is 16.7. The van der Waals surface area contributed by atoms with Crippen LogP contribution in [-0.4, -0.2) is 53.1 Å². The van der Waals surface area contributed by atoms with Crippen molar-refractivity contribution in [3.63, 3.8) is 0 Å². The minimum atomic E-state index is 0.127. The summed E-state index contributed by atoms with van der Waals surface area (Å²) in [5.41, 5.74) is 0. The van der Waals surface area contributed by atoms with Gasteiger partial charge in [0, 0.05) is 49.5 Å². The van der Waals surface area contributed by atoms with E-state index in [1.807, 2.05) is 16.2 Å². The van der Waals surface area contributed by atoms with E-state index in [-0.39, 0.29) is 6.03 Å². The lowest BCUT2D eigenvalue weighted by Gasteiger charge is -2.34. The number of thiophene rings is 1. The van der Waals surface area contributed by atoms with Gasteiger partial charge in [-0.3, -0.25) is 4.90 Å². The second-order valence-electron chi connectivity index (χ2n) is 7.83. The lowest BCUT2D eigenvalue weighted by Crippen LogP contribution is -2.46. The van der Waals surface area contributed by atoms with Crippen LogP contribution >= 0.6 is 11.3 Å². The second-order valence-corrected chi connectivity index (χ2v) is 8.87. The van der Waals surface area contributed by atoms with E-state index in [1.165, 1.54) is 17.7 Å². The SMILES string of the molecule is O=C(NCC1CCN(Cc2cccs2)CC1)N1CCC(n2cccc2)CC1. The first-order valence-electron chi connectivity index (χ1n) is 10.2. The molecule has 0 spiro atoms. The highest BCUT2D eigenvalue weighted by molar-refractivity contribution is 7.09. The van der Waals surface area contributed by atoms with Crippen molar-refractivity contribution >= 4 is 17.4 Å². The minimum absolute atomic E-state index is 0.127. The van der Waals surface area contributed by atoms with Gasteiger partial charge in [0.1, 0.15) is 0 Å². The third-order valence-corrected chi connectivity index (χ3v) is 6.87. The molecule has 2 saturated heterocycles. The third-order valence-electron chi connectivity index (χ3n) is 6.01. The fourth-order valence-electron chi connectivity index (χ4n) is 4.27. The molecule has 0 unspecified atom stereocenters. The van der Waals surface area contributed by atoms with Gasteiger partial charge in [0.15, 0.2) is 0 Å². The Labute approximate surface area is 166 Å². The monoisotopic (exact) mass is 386 g/mol. The van der Waals surface area contributed by atoms with Crippen LogP contribution in [0.5, 0.6) is 0 Å². The van der Waals surface area contributed by atoms with Gasteiger partial charge in [0.25, 0.3) is 0 Å². The molecule has 27 heavy (non-hydrogen) atoms. The van der Waals surface area contributed by atoms with Gasteiger partial charge >= 0.3 is 6.03 Å². The average molecular weight is 387 g/mol. The van der Waals surface area contributed by atoms with Crippen molar-refractivity contribution < 1.29 is 4.79 Å². The summed E-state index contributed by atoms with van der Waals surface area (Å²) in [7, 11) is 0. The molecule has 2 aliphatic heterocycles. The number of nitrogens with one attached hydrogen (secondary N) is 1. The number of piperidine rings is 2. The molecule has 1 N–H and O–H groups in total. The average Bonchev–Trinajstić information content (AvgIpc) is 3.42. The molecule has 4 rings (SSSR count). The number of nitrogens with zero attached hydrogens (tertiary/aromatic N) is 3. The van der Waals surface area contributed by atoms with Crippen molar-refractivity contribution in [1.29, 1.82) is 0 Å². The van der Waals surface area contributed by atoms with Gasteiger partial charge in [0.05, 0.1) is 0 Å². The first-order valence-corrected chi connectivity index (χ1v) is 11.1. The molecule has 2 aliphatic rings. The first kappa shape index (κ1) is 18.6. The van der Waals surface area contributed by atoms with Crippen LogP contribution in [-0.2, 0) is 6.54 Å². The molecule has 146 valence electrons. The van der Waals surface area contributed by atoms with Crippen molar-refractivity contribution in [2.75, 3.05) is 32.7 Å². The summed E-state index contributed by atoms with van der Waals surface area (Å²) in [5, 5.41) is 5.35. The molecule has 4 heterocycles. The van der Waals surface area contributed by atoms with Crippen LogP contribution in [0.2, 0.25) is 0 Å². The molecule has 5 nitrogen and oxygen atoms in total. The van der Waals surface area contributed by atoms with Gasteiger partial charge < -0.3 is 14.8 Å². The molecule has 0 radical (unpaired) electrons. The van der Waals surface area contributed by atoms with E-state index in [0.29, 0.717) is 12.0 Å². The molecule has 2 fully saturated rings. The quantitative estimate of drug-likeness (QED) is 0.849. The molecule has 2 aromatic heterocycles. The minimum Gasteiger partial charge on any atom is -0.351 e. The van der Waals surface area contributed by atoms with Crippen LogP contribution in [0, 0.1) is 5.92 Å². The molecular formula is C21H30N4OS. The molecular weight excluding hydrogens is 356 g/mol. The highest BCUT2D eigenvalue weighted by Gasteiger charge is 2.25. The van der Waals surface area contributed by atoms with E-state index in [9.17, 15) is 4.79 Å². The summed E-state index contributed by atoms with van der Waals surface area (Å²) in [5.74, 6) is 0.617. The molecule has 2 amide bonds. The Morgan fingerprint density at radius 3 is 2.44 bits per heavy atom. The smallest absolute Gasteiger partial charge is 0.317 e. The number of hydrogen-bond acceptors (Lipinski definition) is 3. The van der Waals surface area contributed by atoms with Crippen molar-refractivity contribution in [1.82, 2.24) is 19.7 Å². The summed E-state index contributed by atoms with van der Waals surface area (Å²) in [6.45, 7) is 5.89. The summed E-state index contributed by atoms with van der Waals surface area (Å²) in [6, 6.07) is 9.16. The van der Waals surface area contributed by atoms with Gasteiger partial charge in [-0.05, 0) is 68.3 Å². The van der Waals surface area contributed by atoms with Gasteiger partial charge in [0.2, 0.25) is 0 Å². The number of aromatic nitrogens is 1. The zero-order chi connectivity index (χ0) is 18.5. The fraction of sp³-hybridized carbons (Fsp3) is 0.571. The van der Waals surface area contributed by atoms with Crippen LogP contribution in [0.4, 0.5) is 4.79 Å². The van der Waals surface area contributed by atoms with Gasteiger partial charge in [-0.2, -0.15) is 0 Å². The Morgan fingerprint density at radius 1 is 1.04 bits per heavy atom. The predicted molar refractivity (Wildman–Crippen MR) is 110 cm³/mol. The number of hydrogen-bond donors (Lipinski definition) is 1. The molecule has 6 heteroatoms. The number of urea groups is 1. The highest BCUT2D eigenvalue weighted by Crippen LogP contribution is 2.23. The Hall–Kier alpha value is -1.79. The Bertz CT molecular complexity index is 684. The predicted octanol–water partition coefficient (Wildman–Crippen LogP) is 3.81. The Morgan fingerprint density at radius 2 is 1.78 bits per heavy atom. The topological polar surface area (TPSA) is 40.5 Å². The van der Waals surface area contributed by atoms with Crippen LogP contribution in [0.1, 0.15) is 36.6 Å². The molecule has 0 aromatic carbocycles. The molecule has 0 bridgehead atoms. The van der Waals surface area contributed by atoms with Crippen LogP contribution in [0.3, 0.4) is 0 Å². The maximum Gasteiger partial charge on any atom is 0.317 e. The number of carbonyl (C=O) groups is 1. The van der Waals surface area contributed by atoms with E-state index in [4.69, 9.17) is 0 Å². The maximum atomic E-state index is 12.5. The third kappa shape index (κ3) is 4.93. The number of rotatable bonds is 5. The Kier molecular flexibility index (Phi) is 6.14. The van der Waals surface area contributed by atoms with Crippen molar-refractivity contribution in [2.24, 2.45) is 5.92 Å². The van der Waals surface area contributed by atoms with E-state index in [2.05, 4.69) is 56.8 Å². The highest BCUT2D eigenvalue weighted by atomic mass is 32.1. The lowest BCUT2D eigenvalue weighted by molar-refractivity contribution is 0.158. The van der Waals surface area contributed by atoms with Gasteiger partial charge in [-0.15, -0.1) is 11.3 Å². The summed E-state index contributed by atoms with van der Waals surface area (Å²) < 4.78 is 2.28. The molecule has 2 aromatic rings. The maximum absolute atomic E-state index is 12.5. The van der Waals surface area contributed by atoms with Crippen molar-refractivity contribution in [3.05, 3.63) is 46.9 Å². The Balaban J connectivity index is 1.14. The standard InChI is InChI=1S/C21H30N4OS/c26-21(25-13-7-19(8-14-25)24-9-1-2-10-24)22-16-18-5-11-23(12-6-18)17-20-4-3-15-27-20/h1-4,9-10,15,18-19H,5-8,11-14,16-17H2,(H,22,26). The molecule has 0 atom stereocenters. The van der Waals surface area contributed by atoms with Crippen molar-refractivity contribution in [2.45, 2.75) is 38.3 Å². The fourth-order valence-corrected chi connectivity index (χ4v) is 5.02. The summed E-state index contributed by atoms with van der Waals surface area (Å²) in [4.78, 5) is 18.5. The van der Waals surface area contributed by atoms with E-state index >= 15 is 0 Å². The van der Waals surface area contributed by atoms with Gasteiger partial charge in [-0.25, -0.2) is 4.79 Å². The van der Waals surface area contributed by atoms with Crippen LogP contribution < -0.4 is 5.32 Å². The molecule has 0 saturated carbocycles. The number of likely N-dealkylation sites (tertiary alicyclic amines) is 2. The van der Waals surface area contributed by atoms with E-state index in [1.54, 1.807) is 0 Å². The largest absolute Gasteiger partial charge is 0.351 e. The number of carbonyl (C=O) groups excluding carboxylic acids is 1. The number of amides is 2. The normalized spacial score (nSPS) is 20.1. The summed E-state index contributed by atoms with van der Waals surface area (Å²) in [6.07, 6.45) is 8.71. The van der Waals surface area contributed by atoms with Gasteiger partial charge in [-0.1, -0.05) is 6.07 Å². The van der Waals surface area contributed by atoms with Crippen LogP contribution in [0.25, 0.3) is 0 Å². The van der Waals surface area contributed by atoms with E-state index < -0.39 is 0 Å².